The van der Waals surface area contributed by atoms with Crippen LogP contribution >= 0.6 is 0 Å². The number of ether oxygens (including phenoxy) is 1. The lowest BCUT2D eigenvalue weighted by Gasteiger charge is -2.36. The van der Waals surface area contributed by atoms with E-state index in [1.807, 2.05) is 0 Å². The van der Waals surface area contributed by atoms with Gasteiger partial charge < -0.3 is 9.64 Å². The minimum absolute atomic E-state index is 0.0300. The molecule has 1 aliphatic heterocycles. The van der Waals surface area contributed by atoms with Crippen LogP contribution in [0.25, 0.3) is 55.6 Å². The van der Waals surface area contributed by atoms with Crippen molar-refractivity contribution < 1.29 is 4.74 Å². The summed E-state index contributed by atoms with van der Waals surface area (Å²) in [5.41, 5.74) is 34.8. The first-order chi connectivity index (χ1) is 55.5. The molecule has 0 unspecified atom stereocenters. The van der Waals surface area contributed by atoms with E-state index >= 15 is 0 Å². The summed E-state index contributed by atoms with van der Waals surface area (Å²) in [4.78, 5) is 2.53. The predicted molar refractivity (Wildman–Crippen MR) is 488 cm³/mol. The van der Waals surface area contributed by atoms with Crippen LogP contribution in [0.3, 0.4) is 0 Å². The van der Waals surface area contributed by atoms with E-state index in [1.165, 1.54) is 337 Å². The Balaban J connectivity index is 0.901. The van der Waals surface area contributed by atoms with Gasteiger partial charge in [0.2, 0.25) is 0 Å². The molecule has 4 aliphatic rings. The third-order valence-corrected chi connectivity index (χ3v) is 27.3. The molecule has 113 heavy (non-hydrogen) atoms. The Bertz CT molecular complexity index is 4510. The van der Waals surface area contributed by atoms with Crippen LogP contribution in [0.15, 0.2) is 194 Å². The summed E-state index contributed by atoms with van der Waals surface area (Å²) in [6, 6.07) is 79.1. The molecule has 1 heterocycles. The minimum atomic E-state index is -0.530. The van der Waals surface area contributed by atoms with E-state index in [4.69, 9.17) is 4.74 Å². The fourth-order valence-electron chi connectivity index (χ4n) is 21.0. The van der Waals surface area contributed by atoms with Crippen LogP contribution in [0.2, 0.25) is 0 Å². The van der Waals surface area contributed by atoms with Gasteiger partial charge in [0.1, 0.15) is 0 Å². The second-order valence-corrected chi connectivity index (χ2v) is 35.4. The zero-order chi connectivity index (χ0) is 78.2. The van der Waals surface area contributed by atoms with Gasteiger partial charge in [0, 0.05) is 16.5 Å². The molecule has 10 aromatic rings. The summed E-state index contributed by atoms with van der Waals surface area (Å²) in [7, 11) is 0. The monoisotopic (exact) mass is 1500 g/mol. The Morgan fingerprint density at radius 1 is 0.248 bits per heavy atom. The summed E-state index contributed by atoms with van der Waals surface area (Å²) in [5.74, 6) is 1.78. The fraction of sp³-hybridized carbons (Fsp3) is 0.459. The van der Waals surface area contributed by atoms with Gasteiger partial charge in [-0.15, -0.1) is 0 Å². The van der Waals surface area contributed by atoms with Crippen molar-refractivity contribution in [2.75, 3.05) is 4.90 Å². The van der Waals surface area contributed by atoms with Crippen LogP contribution in [0, 0.1) is 13.8 Å². The number of nitrogens with zero attached hydrogens (tertiary/aromatic N) is 1. The number of unbranched alkanes of at least 4 members (excludes halogenated alkanes) is 25. The summed E-state index contributed by atoms with van der Waals surface area (Å²) >= 11 is 0. The first-order valence-corrected chi connectivity index (χ1v) is 46.3. The van der Waals surface area contributed by atoms with Crippen molar-refractivity contribution in [1.82, 2.24) is 0 Å². The molecular weight excluding hydrogens is 1360 g/mol. The van der Waals surface area contributed by atoms with Gasteiger partial charge >= 0.3 is 0 Å². The Kier molecular flexibility index (Phi) is 27.7. The van der Waals surface area contributed by atoms with Crippen LogP contribution in [0.4, 0.5) is 17.1 Å². The van der Waals surface area contributed by atoms with Crippen LogP contribution in [0.1, 0.15) is 352 Å². The standard InChI is InChI=1S/C111H137NO/c1-10-17-24-29-33-38-69-109(70-39-34-30-25-18-11-2)99-75-84(42-22-15-6)49-63-93(99)95-65-51-86(77-101(95)109)88-53-67-105-107(79-88)113-108-80-89(87-52-66-96-94-64-50-85(43-23-16-7)76-100(94)110(102(96)78-87,71-40-35-31-26-19-12-3)72-41-36-32-27-20-13-4)54-68-106(108)112(105)92-59-57-91(58-60-92)111(90-55-47-83(48-56-90)44-37-28-21-14-5)103-73-81(8)45-61-97(103)98-62-46-82(9)74-104(98)111/h45-68,73-80H,10-44,69-72H2,1-9H3. The Morgan fingerprint density at radius 2 is 0.549 bits per heavy atom. The third kappa shape index (κ3) is 17.2. The second kappa shape index (κ2) is 38.5. The van der Waals surface area contributed by atoms with Gasteiger partial charge in [0.25, 0.3) is 0 Å². The number of hydrogen-bond acceptors (Lipinski definition) is 2. The van der Waals surface area contributed by atoms with Gasteiger partial charge in [-0.25, -0.2) is 0 Å². The highest BCUT2D eigenvalue weighted by molar-refractivity contribution is 5.93. The largest absolute Gasteiger partial charge is 0.453 e. The first kappa shape index (κ1) is 81.4. The van der Waals surface area contributed by atoms with E-state index in [9.17, 15) is 0 Å². The lowest BCUT2D eigenvalue weighted by molar-refractivity contribution is 0.397. The second-order valence-electron chi connectivity index (χ2n) is 35.4. The molecule has 0 radical (unpaired) electrons. The molecule has 0 aromatic heterocycles. The van der Waals surface area contributed by atoms with Gasteiger partial charge in [0.05, 0.1) is 16.8 Å². The van der Waals surface area contributed by atoms with Gasteiger partial charge in [-0.05, 0) is 243 Å². The molecule has 10 aromatic carbocycles. The smallest absolute Gasteiger partial charge is 0.152 e. The Hall–Kier alpha value is -8.20. The first-order valence-electron chi connectivity index (χ1n) is 46.3. The van der Waals surface area contributed by atoms with Crippen LogP contribution in [0.5, 0.6) is 11.5 Å². The number of anilines is 3. The quantitative estimate of drug-likeness (QED) is 0.0353. The molecule has 0 N–H and O–H groups in total. The highest BCUT2D eigenvalue weighted by Gasteiger charge is 2.48. The lowest BCUT2D eigenvalue weighted by Crippen LogP contribution is -2.29. The van der Waals surface area contributed by atoms with Crippen LogP contribution in [-0.4, -0.2) is 0 Å². The molecule has 0 saturated heterocycles. The van der Waals surface area contributed by atoms with E-state index in [2.05, 4.69) is 261 Å². The molecular formula is C111H137NO. The van der Waals surface area contributed by atoms with Crippen molar-refractivity contribution in [3.63, 3.8) is 0 Å². The lowest BCUT2D eigenvalue weighted by atomic mass is 9.67. The van der Waals surface area contributed by atoms with E-state index in [-0.39, 0.29) is 10.8 Å². The van der Waals surface area contributed by atoms with Gasteiger partial charge in [-0.3, -0.25) is 0 Å². The highest BCUT2D eigenvalue weighted by atomic mass is 16.5. The Morgan fingerprint density at radius 3 is 0.947 bits per heavy atom. The van der Waals surface area contributed by atoms with E-state index in [1.54, 1.807) is 22.3 Å². The van der Waals surface area contributed by atoms with Gasteiger partial charge in [0.15, 0.2) is 11.5 Å². The van der Waals surface area contributed by atoms with E-state index in [0.717, 1.165) is 47.8 Å². The number of aryl methyl sites for hydroxylation is 5. The van der Waals surface area contributed by atoms with Crippen molar-refractivity contribution in [3.05, 3.63) is 266 Å². The normalized spacial score (nSPS) is 14.1. The molecule has 2 nitrogen and oxygen atoms in total. The molecule has 0 bridgehead atoms. The molecule has 2 heteroatoms. The average molecular weight is 1500 g/mol. The van der Waals surface area contributed by atoms with Crippen LogP contribution < -0.4 is 9.64 Å². The summed E-state index contributed by atoms with van der Waals surface area (Å²) in [5, 5.41) is 0. The van der Waals surface area contributed by atoms with Gasteiger partial charge in [-0.1, -0.05) is 391 Å². The van der Waals surface area contributed by atoms with Crippen LogP contribution in [-0.2, 0) is 35.5 Å². The zero-order valence-corrected chi connectivity index (χ0v) is 71.4. The van der Waals surface area contributed by atoms with Crippen molar-refractivity contribution in [2.45, 2.75) is 329 Å². The minimum Gasteiger partial charge on any atom is -0.453 e. The number of hydrogen-bond donors (Lipinski definition) is 0. The predicted octanol–water partition coefficient (Wildman–Crippen LogP) is 33.9. The van der Waals surface area contributed by atoms with E-state index in [0.29, 0.717) is 0 Å². The van der Waals surface area contributed by atoms with Crippen molar-refractivity contribution in [2.24, 2.45) is 0 Å². The SMILES string of the molecule is CCCCCCCCC1(CCCCCCCC)c2cc(CCCC)ccc2-c2ccc(-c3ccc4c(c3)Oc3cc(-c5ccc6c(c5)C(CCCCCCCC)(CCCCCCCC)c5cc(CCCC)ccc5-6)ccc3N4c3ccc(C4(c5ccc(CCCCCC)cc5)c5cc(C)ccc5-c5ccc(C)cc54)cc3)cc21. The summed E-state index contributed by atoms with van der Waals surface area (Å²) < 4.78 is 7.67. The molecule has 0 atom stereocenters. The Labute approximate surface area is 684 Å². The topological polar surface area (TPSA) is 12.5 Å². The van der Waals surface area contributed by atoms with Crippen molar-refractivity contribution in [1.29, 1.82) is 0 Å². The average Bonchev–Trinajstić information content (AvgIpc) is 1.64. The number of benzene rings is 10. The molecule has 0 saturated carbocycles. The molecule has 0 fully saturated rings. The third-order valence-electron chi connectivity index (χ3n) is 27.3. The molecule has 592 valence electrons. The maximum absolute atomic E-state index is 7.67. The summed E-state index contributed by atoms with van der Waals surface area (Å²) in [6.45, 7) is 20.9. The highest BCUT2D eigenvalue weighted by Crippen LogP contribution is 2.61. The van der Waals surface area contributed by atoms with Gasteiger partial charge in [-0.2, -0.15) is 0 Å². The number of fused-ring (bicyclic) bond motifs is 11. The molecule has 0 amide bonds. The fourth-order valence-corrected chi connectivity index (χ4v) is 21.0. The number of rotatable bonds is 44. The van der Waals surface area contributed by atoms with Crippen molar-refractivity contribution >= 4 is 17.1 Å². The van der Waals surface area contributed by atoms with Crippen molar-refractivity contribution in [3.8, 4) is 67.1 Å². The molecule has 0 spiro atoms. The van der Waals surface area contributed by atoms with E-state index < -0.39 is 5.41 Å². The maximum Gasteiger partial charge on any atom is 0.152 e. The molecule has 14 rings (SSSR count). The zero-order valence-electron chi connectivity index (χ0n) is 71.4. The maximum atomic E-state index is 7.67. The summed E-state index contributed by atoms with van der Waals surface area (Å²) in [6.07, 6.45) is 49.6. The molecule has 3 aliphatic carbocycles.